The summed E-state index contributed by atoms with van der Waals surface area (Å²) in [6.07, 6.45) is -0.321. The van der Waals surface area contributed by atoms with E-state index in [1.54, 1.807) is 7.11 Å². The van der Waals surface area contributed by atoms with Crippen LogP contribution in [-0.2, 0) is 22.7 Å². The van der Waals surface area contributed by atoms with Crippen molar-refractivity contribution in [1.82, 2.24) is 0 Å². The molecule has 0 fully saturated rings. The third kappa shape index (κ3) is 5.48. The molecule has 118 valence electrons. The van der Waals surface area contributed by atoms with Crippen molar-refractivity contribution in [2.75, 3.05) is 20.3 Å². The molecule has 0 aliphatic carbocycles. The highest BCUT2D eigenvalue weighted by Crippen LogP contribution is 2.12. The highest BCUT2D eigenvalue weighted by molar-refractivity contribution is 5.26. The third-order valence-corrected chi connectivity index (χ3v) is 3.26. The lowest BCUT2D eigenvalue weighted by Crippen LogP contribution is -2.23. The van der Waals surface area contributed by atoms with Gasteiger partial charge in [-0.3, -0.25) is 0 Å². The molecule has 0 saturated heterocycles. The van der Waals surface area contributed by atoms with Crippen LogP contribution in [0.3, 0.4) is 0 Å². The van der Waals surface area contributed by atoms with Crippen molar-refractivity contribution in [3.05, 3.63) is 65.7 Å². The summed E-state index contributed by atoms with van der Waals surface area (Å²) in [6.45, 7) is 1.25. The van der Waals surface area contributed by atoms with E-state index in [1.807, 2.05) is 54.6 Å². The van der Waals surface area contributed by atoms with E-state index in [4.69, 9.17) is 14.2 Å². The molecule has 2 aromatic rings. The molecular formula is C18H22O4. The van der Waals surface area contributed by atoms with Crippen LogP contribution in [0.5, 0.6) is 5.75 Å². The third-order valence-electron chi connectivity index (χ3n) is 3.26. The number of aliphatic hydroxyl groups excluding tert-OH is 1. The molecule has 2 aromatic carbocycles. The zero-order chi connectivity index (χ0) is 15.6. The monoisotopic (exact) mass is 302 g/mol. The number of hydrogen-bond donors (Lipinski definition) is 1. The Kier molecular flexibility index (Phi) is 6.90. The summed E-state index contributed by atoms with van der Waals surface area (Å²) >= 11 is 0. The first-order chi connectivity index (χ1) is 10.8. The van der Waals surface area contributed by atoms with Crippen molar-refractivity contribution in [1.29, 1.82) is 0 Å². The largest absolute Gasteiger partial charge is 0.497 e. The van der Waals surface area contributed by atoms with Gasteiger partial charge in [-0.25, -0.2) is 0 Å². The van der Waals surface area contributed by atoms with Gasteiger partial charge in [-0.05, 0) is 23.3 Å². The van der Waals surface area contributed by atoms with Gasteiger partial charge < -0.3 is 19.3 Å². The first-order valence-corrected chi connectivity index (χ1v) is 7.29. The lowest BCUT2D eigenvalue weighted by Gasteiger charge is -2.16. The first kappa shape index (κ1) is 16.5. The van der Waals surface area contributed by atoms with Gasteiger partial charge in [-0.15, -0.1) is 0 Å². The predicted octanol–water partition coefficient (Wildman–Crippen LogP) is 2.79. The second-order valence-electron chi connectivity index (χ2n) is 4.96. The first-order valence-electron chi connectivity index (χ1n) is 7.29. The second kappa shape index (κ2) is 9.20. The van der Waals surface area contributed by atoms with E-state index in [9.17, 15) is 5.11 Å². The van der Waals surface area contributed by atoms with Crippen molar-refractivity contribution < 1.29 is 19.3 Å². The van der Waals surface area contributed by atoms with Crippen molar-refractivity contribution in [2.24, 2.45) is 0 Å². The maximum Gasteiger partial charge on any atom is 0.118 e. The van der Waals surface area contributed by atoms with Gasteiger partial charge in [0.05, 0.1) is 33.5 Å². The number of ether oxygens (including phenoxy) is 3. The molecule has 4 heteroatoms. The summed E-state index contributed by atoms with van der Waals surface area (Å²) in [5.41, 5.74) is 2.14. The average molecular weight is 302 g/mol. The molecule has 22 heavy (non-hydrogen) atoms. The molecule has 0 amide bonds. The van der Waals surface area contributed by atoms with Crippen molar-refractivity contribution in [3.63, 3.8) is 0 Å². The molecule has 0 bridgehead atoms. The molecule has 0 aliphatic heterocycles. The molecule has 2 rings (SSSR count). The Balaban J connectivity index is 1.71. The summed E-state index contributed by atoms with van der Waals surface area (Å²) in [4.78, 5) is 0. The van der Waals surface area contributed by atoms with Gasteiger partial charge in [0.25, 0.3) is 0 Å². The van der Waals surface area contributed by atoms with Gasteiger partial charge in [-0.2, -0.15) is 0 Å². The van der Waals surface area contributed by atoms with Crippen molar-refractivity contribution in [2.45, 2.75) is 19.3 Å². The van der Waals surface area contributed by atoms with E-state index in [-0.39, 0.29) is 12.7 Å². The molecule has 1 N–H and O–H groups in total. The molecule has 4 nitrogen and oxygen atoms in total. The Labute approximate surface area is 131 Å². The molecule has 0 spiro atoms. The Bertz CT molecular complexity index is 525. The van der Waals surface area contributed by atoms with Crippen LogP contribution >= 0.6 is 0 Å². The number of rotatable bonds is 9. The van der Waals surface area contributed by atoms with Gasteiger partial charge in [0.1, 0.15) is 11.9 Å². The lowest BCUT2D eigenvalue weighted by atomic mass is 10.2. The summed E-state index contributed by atoms with van der Waals surface area (Å²) in [5.74, 6) is 0.822. The maximum absolute atomic E-state index is 9.35. The van der Waals surface area contributed by atoms with E-state index < -0.39 is 0 Å². The molecular weight excluding hydrogens is 280 g/mol. The van der Waals surface area contributed by atoms with E-state index >= 15 is 0 Å². The molecule has 0 radical (unpaired) electrons. The highest BCUT2D eigenvalue weighted by Gasteiger charge is 2.08. The Morgan fingerprint density at radius 3 is 2.23 bits per heavy atom. The van der Waals surface area contributed by atoms with Crippen molar-refractivity contribution >= 4 is 0 Å². The van der Waals surface area contributed by atoms with Gasteiger partial charge in [0.2, 0.25) is 0 Å². The number of hydrogen-bond acceptors (Lipinski definition) is 4. The Hall–Kier alpha value is -1.88. The van der Waals surface area contributed by atoms with Crippen LogP contribution in [0.1, 0.15) is 11.1 Å². The van der Waals surface area contributed by atoms with E-state index in [0.29, 0.717) is 19.8 Å². The minimum atomic E-state index is -0.321. The Morgan fingerprint density at radius 1 is 0.909 bits per heavy atom. The highest BCUT2D eigenvalue weighted by atomic mass is 16.5. The van der Waals surface area contributed by atoms with Gasteiger partial charge in [-0.1, -0.05) is 42.5 Å². The van der Waals surface area contributed by atoms with Crippen LogP contribution in [0, 0.1) is 0 Å². The Morgan fingerprint density at radius 2 is 1.59 bits per heavy atom. The van der Waals surface area contributed by atoms with Crippen molar-refractivity contribution in [3.8, 4) is 5.75 Å². The summed E-state index contributed by atoms with van der Waals surface area (Å²) in [6, 6.07) is 17.6. The van der Waals surface area contributed by atoms with Gasteiger partial charge in [0.15, 0.2) is 0 Å². The average Bonchev–Trinajstić information content (AvgIpc) is 2.59. The SMILES string of the molecule is COc1ccc(COC[C@@H](CO)OCc2ccccc2)cc1. The summed E-state index contributed by atoms with van der Waals surface area (Å²) in [7, 11) is 1.64. The predicted molar refractivity (Wildman–Crippen MR) is 84.8 cm³/mol. The number of aliphatic hydroxyl groups is 1. The van der Waals surface area contributed by atoms with Gasteiger partial charge >= 0.3 is 0 Å². The van der Waals surface area contributed by atoms with Crippen LogP contribution in [0.2, 0.25) is 0 Å². The zero-order valence-corrected chi connectivity index (χ0v) is 12.8. The summed E-state index contributed by atoms with van der Waals surface area (Å²) < 4.78 is 16.4. The van der Waals surface area contributed by atoms with Crippen LogP contribution in [-0.4, -0.2) is 31.5 Å². The molecule has 1 atom stereocenters. The molecule has 0 aliphatic rings. The topological polar surface area (TPSA) is 47.9 Å². The van der Waals surface area contributed by atoms with Crippen LogP contribution in [0.4, 0.5) is 0 Å². The van der Waals surface area contributed by atoms with E-state index in [0.717, 1.165) is 16.9 Å². The molecule has 0 saturated carbocycles. The van der Waals surface area contributed by atoms with Crippen LogP contribution in [0.25, 0.3) is 0 Å². The fraction of sp³-hybridized carbons (Fsp3) is 0.333. The fourth-order valence-electron chi connectivity index (χ4n) is 1.97. The molecule has 0 heterocycles. The fourth-order valence-corrected chi connectivity index (χ4v) is 1.97. The van der Waals surface area contributed by atoms with E-state index in [1.165, 1.54) is 0 Å². The lowest BCUT2D eigenvalue weighted by molar-refractivity contribution is -0.0536. The molecule has 0 aromatic heterocycles. The van der Waals surface area contributed by atoms with E-state index in [2.05, 4.69) is 0 Å². The smallest absolute Gasteiger partial charge is 0.118 e. The summed E-state index contributed by atoms with van der Waals surface area (Å²) in [5, 5.41) is 9.35. The van der Waals surface area contributed by atoms with Gasteiger partial charge in [0, 0.05) is 0 Å². The standard InChI is InChI=1S/C18H22O4/c1-20-17-9-7-16(8-10-17)12-21-14-18(11-19)22-13-15-5-3-2-4-6-15/h2-10,18-19H,11-14H2,1H3/t18-/m1/s1. The van der Waals surface area contributed by atoms with Crippen LogP contribution < -0.4 is 4.74 Å². The normalized spacial score (nSPS) is 12.1. The number of methoxy groups -OCH3 is 1. The van der Waals surface area contributed by atoms with Crippen LogP contribution in [0.15, 0.2) is 54.6 Å². The maximum atomic E-state index is 9.35. The quantitative estimate of drug-likeness (QED) is 0.774. The molecule has 0 unspecified atom stereocenters. The minimum absolute atomic E-state index is 0.0601. The number of benzene rings is 2. The zero-order valence-electron chi connectivity index (χ0n) is 12.8. The second-order valence-corrected chi connectivity index (χ2v) is 4.96. The minimum Gasteiger partial charge on any atom is -0.497 e.